The molecular weight excluding hydrogens is 368 g/mol. The molecule has 29 heavy (non-hydrogen) atoms. The van der Waals surface area contributed by atoms with Crippen molar-refractivity contribution in [2.75, 3.05) is 13.1 Å². The van der Waals surface area contributed by atoms with E-state index in [2.05, 4.69) is 16.0 Å². The third-order valence-electron chi connectivity index (χ3n) is 5.69. The standard InChI is InChI=1S/C22H26N4O3/c1-22(2)20(28)26(21(29)23-22)13-7-11-18(27)25-15-14-24-12-6-10-17(24)19(25)16-8-4-3-5-9-16/h3-6,8-10,12,19H,7,11,13-15H2,1-2H3,(H,23,29). The molecule has 0 radical (unpaired) electrons. The Kier molecular flexibility index (Phi) is 4.90. The largest absolute Gasteiger partial charge is 0.348 e. The van der Waals surface area contributed by atoms with E-state index in [1.54, 1.807) is 13.8 Å². The summed E-state index contributed by atoms with van der Waals surface area (Å²) < 4.78 is 2.19. The number of hydrogen-bond acceptors (Lipinski definition) is 3. The first-order chi connectivity index (χ1) is 13.9. The summed E-state index contributed by atoms with van der Waals surface area (Å²) in [4.78, 5) is 40.5. The average Bonchev–Trinajstić information content (AvgIpc) is 3.25. The molecule has 1 aromatic heterocycles. The normalized spacial score (nSPS) is 20.6. The number of carbonyl (C=O) groups excluding carboxylic acids is 3. The zero-order chi connectivity index (χ0) is 20.6. The van der Waals surface area contributed by atoms with Crippen LogP contribution in [0.1, 0.15) is 44.0 Å². The molecule has 3 heterocycles. The quantitative estimate of drug-likeness (QED) is 0.792. The molecule has 1 N–H and O–H groups in total. The molecule has 1 saturated heterocycles. The number of benzene rings is 1. The van der Waals surface area contributed by atoms with Crippen LogP contribution in [0.15, 0.2) is 48.7 Å². The van der Waals surface area contributed by atoms with E-state index in [1.165, 1.54) is 4.90 Å². The van der Waals surface area contributed by atoms with Gasteiger partial charge in [-0.3, -0.25) is 14.5 Å². The van der Waals surface area contributed by atoms with Gasteiger partial charge in [-0.05, 0) is 38.0 Å². The lowest BCUT2D eigenvalue weighted by Gasteiger charge is -2.37. The van der Waals surface area contributed by atoms with Gasteiger partial charge in [0.05, 0.1) is 6.04 Å². The fourth-order valence-electron chi connectivity index (χ4n) is 4.19. The van der Waals surface area contributed by atoms with Gasteiger partial charge >= 0.3 is 6.03 Å². The average molecular weight is 394 g/mol. The highest BCUT2D eigenvalue weighted by Crippen LogP contribution is 2.33. The second-order valence-corrected chi connectivity index (χ2v) is 8.14. The molecule has 1 atom stereocenters. The van der Waals surface area contributed by atoms with Crippen molar-refractivity contribution in [1.82, 2.24) is 19.7 Å². The zero-order valence-electron chi connectivity index (χ0n) is 16.8. The SMILES string of the molecule is CC1(C)NC(=O)N(CCCC(=O)N2CCn3cccc3C2c2ccccc2)C1=O. The molecule has 4 amide bonds. The summed E-state index contributed by atoms with van der Waals surface area (Å²) in [6, 6.07) is 13.6. The van der Waals surface area contributed by atoms with E-state index in [-0.39, 0.29) is 30.4 Å². The highest BCUT2D eigenvalue weighted by atomic mass is 16.2. The fraction of sp³-hybridized carbons (Fsp3) is 0.409. The maximum Gasteiger partial charge on any atom is 0.325 e. The highest BCUT2D eigenvalue weighted by Gasteiger charge is 2.43. The monoisotopic (exact) mass is 394 g/mol. The Morgan fingerprint density at radius 2 is 1.86 bits per heavy atom. The molecule has 0 aliphatic carbocycles. The maximum absolute atomic E-state index is 13.1. The Balaban J connectivity index is 1.45. The minimum absolute atomic E-state index is 0.0395. The van der Waals surface area contributed by atoms with Gasteiger partial charge in [0.1, 0.15) is 5.54 Å². The summed E-state index contributed by atoms with van der Waals surface area (Å²) >= 11 is 0. The zero-order valence-corrected chi connectivity index (χ0v) is 16.8. The number of urea groups is 1. The van der Waals surface area contributed by atoms with Gasteiger partial charge in [-0.25, -0.2) is 4.79 Å². The van der Waals surface area contributed by atoms with E-state index in [0.29, 0.717) is 19.4 Å². The first kappa shape index (κ1) is 19.2. The maximum atomic E-state index is 13.1. The number of amides is 4. The van der Waals surface area contributed by atoms with Crippen LogP contribution in [0.5, 0.6) is 0 Å². The van der Waals surface area contributed by atoms with Gasteiger partial charge in [0.2, 0.25) is 5.91 Å². The summed E-state index contributed by atoms with van der Waals surface area (Å²) in [7, 11) is 0. The van der Waals surface area contributed by atoms with Gasteiger partial charge in [-0.2, -0.15) is 0 Å². The van der Waals surface area contributed by atoms with E-state index in [0.717, 1.165) is 17.8 Å². The molecule has 2 aliphatic rings. The van der Waals surface area contributed by atoms with Gasteiger partial charge in [-0.1, -0.05) is 30.3 Å². The van der Waals surface area contributed by atoms with Gasteiger partial charge < -0.3 is 14.8 Å². The molecule has 0 spiro atoms. The molecule has 1 unspecified atom stereocenters. The number of nitrogens with one attached hydrogen (secondary N) is 1. The molecule has 152 valence electrons. The van der Waals surface area contributed by atoms with Crippen molar-refractivity contribution in [2.24, 2.45) is 0 Å². The molecule has 2 aliphatic heterocycles. The molecule has 1 fully saturated rings. The second kappa shape index (κ2) is 7.39. The number of rotatable bonds is 5. The molecule has 0 bridgehead atoms. The summed E-state index contributed by atoms with van der Waals surface area (Å²) in [6.45, 7) is 5.02. The van der Waals surface area contributed by atoms with Gasteiger partial charge in [0, 0.05) is 37.9 Å². The van der Waals surface area contributed by atoms with E-state index in [9.17, 15) is 14.4 Å². The van der Waals surface area contributed by atoms with Crippen LogP contribution in [0.3, 0.4) is 0 Å². The number of aromatic nitrogens is 1. The Bertz CT molecular complexity index is 935. The van der Waals surface area contributed by atoms with Crippen molar-refractivity contribution in [3.05, 3.63) is 59.9 Å². The minimum Gasteiger partial charge on any atom is -0.348 e. The smallest absolute Gasteiger partial charge is 0.325 e. The Labute approximate surface area is 170 Å². The Morgan fingerprint density at radius 1 is 1.10 bits per heavy atom. The van der Waals surface area contributed by atoms with Crippen LogP contribution in [-0.2, 0) is 16.1 Å². The third-order valence-corrected chi connectivity index (χ3v) is 5.69. The molecule has 7 nitrogen and oxygen atoms in total. The predicted octanol–water partition coefficient (Wildman–Crippen LogP) is 2.53. The molecule has 2 aromatic rings. The van der Waals surface area contributed by atoms with Crippen LogP contribution in [0.25, 0.3) is 0 Å². The number of carbonyl (C=O) groups is 3. The van der Waals surface area contributed by atoms with Crippen molar-refractivity contribution >= 4 is 17.8 Å². The first-order valence-corrected chi connectivity index (χ1v) is 10.0. The van der Waals surface area contributed by atoms with Crippen LogP contribution in [0.2, 0.25) is 0 Å². The van der Waals surface area contributed by atoms with Crippen LogP contribution in [0.4, 0.5) is 4.79 Å². The summed E-state index contributed by atoms with van der Waals surface area (Å²) in [5.74, 6) is -0.203. The lowest BCUT2D eigenvalue weighted by Crippen LogP contribution is -2.42. The number of imide groups is 1. The van der Waals surface area contributed by atoms with E-state index < -0.39 is 5.54 Å². The van der Waals surface area contributed by atoms with E-state index in [1.807, 2.05) is 47.5 Å². The molecule has 7 heteroatoms. The van der Waals surface area contributed by atoms with Gasteiger partial charge in [-0.15, -0.1) is 0 Å². The van der Waals surface area contributed by atoms with Crippen molar-refractivity contribution in [2.45, 2.75) is 44.8 Å². The first-order valence-electron chi connectivity index (χ1n) is 10.0. The van der Waals surface area contributed by atoms with Crippen molar-refractivity contribution in [3.63, 3.8) is 0 Å². The molecule has 0 saturated carbocycles. The summed E-state index contributed by atoms with van der Waals surface area (Å²) in [6.07, 6.45) is 2.79. The predicted molar refractivity (Wildman–Crippen MR) is 108 cm³/mol. The lowest BCUT2D eigenvalue weighted by atomic mass is 9.99. The minimum atomic E-state index is -0.877. The second-order valence-electron chi connectivity index (χ2n) is 8.14. The number of hydrogen-bond donors (Lipinski definition) is 1. The molecule has 4 rings (SSSR count). The molecular formula is C22H26N4O3. The van der Waals surface area contributed by atoms with Crippen LogP contribution >= 0.6 is 0 Å². The lowest BCUT2D eigenvalue weighted by molar-refractivity contribution is -0.135. The molecule has 1 aromatic carbocycles. The summed E-state index contributed by atoms with van der Waals surface area (Å²) in [5, 5.41) is 2.67. The van der Waals surface area contributed by atoms with E-state index >= 15 is 0 Å². The van der Waals surface area contributed by atoms with Gasteiger partial charge in [0.25, 0.3) is 5.91 Å². The topological polar surface area (TPSA) is 74.7 Å². The van der Waals surface area contributed by atoms with Crippen LogP contribution in [-0.4, -0.2) is 50.8 Å². The third kappa shape index (κ3) is 3.52. The van der Waals surface area contributed by atoms with Gasteiger partial charge in [0.15, 0.2) is 0 Å². The van der Waals surface area contributed by atoms with Crippen LogP contribution < -0.4 is 5.32 Å². The Morgan fingerprint density at radius 3 is 2.55 bits per heavy atom. The fourth-order valence-corrected chi connectivity index (χ4v) is 4.19. The van der Waals surface area contributed by atoms with Crippen molar-refractivity contribution < 1.29 is 14.4 Å². The summed E-state index contributed by atoms with van der Waals surface area (Å²) in [5.41, 5.74) is 1.31. The Hall–Kier alpha value is -3.09. The van der Waals surface area contributed by atoms with Crippen molar-refractivity contribution in [3.8, 4) is 0 Å². The number of nitrogens with zero attached hydrogens (tertiary/aromatic N) is 3. The van der Waals surface area contributed by atoms with Crippen molar-refractivity contribution in [1.29, 1.82) is 0 Å². The number of fused-ring (bicyclic) bond motifs is 1. The highest BCUT2D eigenvalue weighted by molar-refractivity contribution is 6.06. The van der Waals surface area contributed by atoms with E-state index in [4.69, 9.17) is 0 Å². The van der Waals surface area contributed by atoms with Crippen LogP contribution in [0, 0.1) is 0 Å².